The van der Waals surface area contributed by atoms with Crippen LogP contribution in [0.3, 0.4) is 0 Å². The van der Waals surface area contributed by atoms with E-state index in [1.807, 2.05) is 0 Å². The van der Waals surface area contributed by atoms with Gasteiger partial charge in [-0.15, -0.1) is 0 Å². The molecule has 0 aliphatic carbocycles. The molecule has 1 aromatic heterocycles. The van der Waals surface area contributed by atoms with Crippen LogP contribution in [0.1, 0.15) is 5.56 Å². The molecule has 3 nitrogen and oxygen atoms in total. The number of carbonyl (C=O) groups is 1. The highest BCUT2D eigenvalue weighted by atomic mass is 35.5. The van der Waals surface area contributed by atoms with E-state index >= 15 is 0 Å². The molecule has 17 heavy (non-hydrogen) atoms. The number of halogens is 3. The van der Waals surface area contributed by atoms with Gasteiger partial charge in [0.2, 0.25) is 0 Å². The van der Waals surface area contributed by atoms with Gasteiger partial charge in [0.05, 0.1) is 10.5 Å². The van der Waals surface area contributed by atoms with Crippen LogP contribution in [0, 0.1) is 0 Å². The summed E-state index contributed by atoms with van der Waals surface area (Å²) in [5.74, 6) is -1.05. The Bertz CT molecular complexity index is 631. The summed E-state index contributed by atoms with van der Waals surface area (Å²) in [6.45, 7) is 0. The van der Waals surface area contributed by atoms with Crippen molar-refractivity contribution in [2.75, 3.05) is 0 Å². The molecule has 2 N–H and O–H groups in total. The molecule has 0 bridgehead atoms. The summed E-state index contributed by atoms with van der Waals surface area (Å²) in [6.07, 6.45) is 2.40. The van der Waals surface area contributed by atoms with Crippen LogP contribution in [0.2, 0.25) is 15.2 Å². The van der Waals surface area contributed by atoms with Gasteiger partial charge in [-0.3, -0.25) is 0 Å². The summed E-state index contributed by atoms with van der Waals surface area (Å²) in [5, 5.41) is 10.5. The highest BCUT2D eigenvalue weighted by Crippen LogP contribution is 2.34. The van der Waals surface area contributed by atoms with Crippen LogP contribution >= 0.6 is 34.8 Å². The lowest BCUT2D eigenvalue weighted by atomic mass is 10.1. The van der Waals surface area contributed by atoms with E-state index in [0.29, 0.717) is 31.7 Å². The molecule has 88 valence electrons. The second-order valence-electron chi connectivity index (χ2n) is 3.33. The molecule has 0 saturated carbocycles. The summed E-state index contributed by atoms with van der Waals surface area (Å²) < 4.78 is 0. The van der Waals surface area contributed by atoms with E-state index in [-0.39, 0.29) is 0 Å². The van der Waals surface area contributed by atoms with E-state index in [0.717, 1.165) is 6.08 Å². The van der Waals surface area contributed by atoms with Crippen LogP contribution in [0.15, 0.2) is 18.2 Å². The Morgan fingerprint density at radius 2 is 2.00 bits per heavy atom. The number of hydrogen-bond donors (Lipinski definition) is 2. The molecule has 0 spiro atoms. The van der Waals surface area contributed by atoms with Gasteiger partial charge < -0.3 is 10.1 Å². The zero-order valence-corrected chi connectivity index (χ0v) is 10.6. The summed E-state index contributed by atoms with van der Waals surface area (Å²) >= 11 is 17.9. The maximum Gasteiger partial charge on any atom is 0.328 e. The number of carboxylic acid groups (broad SMARTS) is 1. The number of fused-ring (bicyclic) bond motifs is 1. The number of aromatic amines is 1. The zero-order valence-electron chi connectivity index (χ0n) is 8.30. The number of carboxylic acids is 1. The van der Waals surface area contributed by atoms with Crippen molar-refractivity contribution in [1.82, 2.24) is 4.98 Å². The van der Waals surface area contributed by atoms with Gasteiger partial charge in [0, 0.05) is 22.0 Å². The first-order chi connectivity index (χ1) is 7.99. The first-order valence-corrected chi connectivity index (χ1v) is 5.69. The minimum atomic E-state index is -1.05. The van der Waals surface area contributed by atoms with E-state index in [9.17, 15) is 4.79 Å². The molecule has 0 radical (unpaired) electrons. The minimum Gasteiger partial charge on any atom is -0.478 e. The van der Waals surface area contributed by atoms with Crippen molar-refractivity contribution in [3.63, 3.8) is 0 Å². The standard InChI is InChI=1S/C11H6Cl3NO2/c12-5-3-7-6(1-2-9(16)17)11(14)15-10(7)8(13)4-5/h1-4,15H,(H,16,17)/b2-1+. The number of rotatable bonds is 2. The number of hydrogen-bond acceptors (Lipinski definition) is 1. The van der Waals surface area contributed by atoms with Gasteiger partial charge in [-0.05, 0) is 18.2 Å². The number of aliphatic carboxylic acids is 1. The highest BCUT2D eigenvalue weighted by molar-refractivity contribution is 6.40. The Kier molecular flexibility index (Phi) is 3.33. The average molecular weight is 291 g/mol. The monoisotopic (exact) mass is 289 g/mol. The van der Waals surface area contributed by atoms with Crippen LogP contribution in [0.5, 0.6) is 0 Å². The van der Waals surface area contributed by atoms with Crippen LogP contribution in [0.25, 0.3) is 17.0 Å². The number of benzene rings is 1. The van der Waals surface area contributed by atoms with E-state index in [4.69, 9.17) is 39.9 Å². The predicted molar refractivity (Wildman–Crippen MR) is 70.0 cm³/mol. The first-order valence-electron chi connectivity index (χ1n) is 4.56. The third-order valence-corrected chi connectivity index (χ3v) is 3.02. The molecule has 0 amide bonds. The molecule has 6 heteroatoms. The largest absolute Gasteiger partial charge is 0.478 e. The van der Waals surface area contributed by atoms with Gasteiger partial charge >= 0.3 is 5.97 Å². The van der Waals surface area contributed by atoms with Gasteiger partial charge in [-0.2, -0.15) is 0 Å². The Labute approximate surface area is 112 Å². The van der Waals surface area contributed by atoms with E-state index in [1.54, 1.807) is 12.1 Å². The number of H-pyrrole nitrogens is 1. The average Bonchev–Trinajstić information content (AvgIpc) is 2.52. The molecule has 0 fully saturated rings. The molecule has 1 heterocycles. The quantitative estimate of drug-likeness (QED) is 0.813. The van der Waals surface area contributed by atoms with Gasteiger partial charge in [0.25, 0.3) is 0 Å². The topological polar surface area (TPSA) is 53.1 Å². The smallest absolute Gasteiger partial charge is 0.328 e. The Morgan fingerprint density at radius 3 is 2.65 bits per heavy atom. The lowest BCUT2D eigenvalue weighted by Gasteiger charge is -1.96. The molecule has 0 saturated heterocycles. The lowest BCUT2D eigenvalue weighted by Crippen LogP contribution is -1.85. The Morgan fingerprint density at radius 1 is 1.29 bits per heavy atom. The van der Waals surface area contributed by atoms with Crippen molar-refractivity contribution in [1.29, 1.82) is 0 Å². The lowest BCUT2D eigenvalue weighted by molar-refractivity contribution is -0.131. The molecule has 0 unspecified atom stereocenters. The predicted octanol–water partition coefficient (Wildman–Crippen LogP) is 4.23. The van der Waals surface area contributed by atoms with Gasteiger partial charge in [0.1, 0.15) is 5.15 Å². The third-order valence-electron chi connectivity index (χ3n) is 2.21. The number of aromatic nitrogens is 1. The fourth-order valence-electron chi connectivity index (χ4n) is 1.53. The summed E-state index contributed by atoms with van der Waals surface area (Å²) in [4.78, 5) is 13.4. The number of nitrogens with one attached hydrogen (secondary N) is 1. The third kappa shape index (κ3) is 2.41. The molecular formula is C11H6Cl3NO2. The van der Waals surface area contributed by atoms with Crippen molar-refractivity contribution in [2.45, 2.75) is 0 Å². The van der Waals surface area contributed by atoms with Gasteiger partial charge in [0.15, 0.2) is 0 Å². The molecule has 0 atom stereocenters. The second kappa shape index (κ2) is 4.61. The van der Waals surface area contributed by atoms with Crippen LogP contribution in [0.4, 0.5) is 0 Å². The maximum absolute atomic E-state index is 10.5. The second-order valence-corrected chi connectivity index (χ2v) is 4.56. The Hall–Kier alpha value is -1.16. The molecule has 1 aromatic carbocycles. The summed E-state index contributed by atoms with van der Waals surface area (Å²) in [6, 6.07) is 3.26. The van der Waals surface area contributed by atoms with E-state index in [1.165, 1.54) is 6.08 Å². The van der Waals surface area contributed by atoms with Crippen molar-refractivity contribution < 1.29 is 9.90 Å². The molecule has 0 aliphatic rings. The molecule has 2 aromatic rings. The minimum absolute atomic E-state index is 0.321. The molecule has 0 aliphatic heterocycles. The summed E-state index contributed by atoms with van der Waals surface area (Å²) in [7, 11) is 0. The van der Waals surface area contributed by atoms with E-state index in [2.05, 4.69) is 4.98 Å². The highest BCUT2D eigenvalue weighted by Gasteiger charge is 2.11. The molecule has 2 rings (SSSR count). The molecular weight excluding hydrogens is 284 g/mol. The van der Waals surface area contributed by atoms with Crippen molar-refractivity contribution in [3.8, 4) is 0 Å². The summed E-state index contributed by atoms with van der Waals surface area (Å²) in [5.41, 5.74) is 1.18. The van der Waals surface area contributed by atoms with Crippen LogP contribution in [-0.4, -0.2) is 16.1 Å². The van der Waals surface area contributed by atoms with Crippen molar-refractivity contribution in [2.24, 2.45) is 0 Å². The fourth-order valence-corrected chi connectivity index (χ4v) is 2.33. The first kappa shape index (κ1) is 12.3. The van der Waals surface area contributed by atoms with Crippen molar-refractivity contribution >= 4 is 57.8 Å². The van der Waals surface area contributed by atoms with E-state index < -0.39 is 5.97 Å². The van der Waals surface area contributed by atoms with Crippen LogP contribution < -0.4 is 0 Å². The Balaban J connectivity index is 2.70. The SMILES string of the molecule is O=C(O)/C=C/c1c(Cl)[nH]c2c(Cl)cc(Cl)cc12. The zero-order chi connectivity index (χ0) is 12.6. The van der Waals surface area contributed by atoms with Gasteiger partial charge in [-0.1, -0.05) is 34.8 Å². The van der Waals surface area contributed by atoms with Crippen LogP contribution in [-0.2, 0) is 4.79 Å². The maximum atomic E-state index is 10.5. The van der Waals surface area contributed by atoms with Crippen molar-refractivity contribution in [3.05, 3.63) is 39.0 Å². The van der Waals surface area contributed by atoms with Gasteiger partial charge in [-0.25, -0.2) is 4.79 Å². The fraction of sp³-hybridized carbons (Fsp3) is 0. The normalized spacial score (nSPS) is 11.5.